The number of hydrogen-bond acceptors (Lipinski definition) is 4. The highest BCUT2D eigenvalue weighted by molar-refractivity contribution is 5.93. The van der Waals surface area contributed by atoms with Gasteiger partial charge in [0, 0.05) is 30.0 Å². The van der Waals surface area contributed by atoms with Crippen molar-refractivity contribution < 1.29 is 9.53 Å². The van der Waals surface area contributed by atoms with E-state index in [0.717, 1.165) is 50.4 Å². The van der Waals surface area contributed by atoms with Crippen molar-refractivity contribution in [3.05, 3.63) is 58.7 Å². The molecule has 2 aliphatic heterocycles. The summed E-state index contributed by atoms with van der Waals surface area (Å²) in [6.07, 6.45) is 1.96. The fourth-order valence-electron chi connectivity index (χ4n) is 4.68. The van der Waals surface area contributed by atoms with Crippen LogP contribution in [-0.2, 0) is 16.6 Å². The van der Waals surface area contributed by atoms with Crippen molar-refractivity contribution in [3.63, 3.8) is 0 Å². The van der Waals surface area contributed by atoms with Gasteiger partial charge >= 0.3 is 0 Å². The SMILES string of the molecule is CCc1ccc(N2CCOCC2)cc1C1CC(C)(C)c2cc(C(N)=O)ccc2N1. The number of nitrogens with zero attached hydrogens (tertiary/aromatic N) is 1. The molecule has 0 aromatic heterocycles. The Labute approximate surface area is 173 Å². The van der Waals surface area contributed by atoms with E-state index in [1.807, 2.05) is 18.2 Å². The lowest BCUT2D eigenvalue weighted by Crippen LogP contribution is -2.36. The van der Waals surface area contributed by atoms with Crippen LogP contribution >= 0.6 is 0 Å². The van der Waals surface area contributed by atoms with Crippen molar-refractivity contribution in [2.45, 2.75) is 45.1 Å². The van der Waals surface area contributed by atoms with Gasteiger partial charge in [0.05, 0.1) is 19.3 Å². The number of benzene rings is 2. The van der Waals surface area contributed by atoms with Crippen LogP contribution in [0.4, 0.5) is 11.4 Å². The Hall–Kier alpha value is -2.53. The third-order valence-corrected chi connectivity index (χ3v) is 6.34. The number of rotatable bonds is 4. The molecule has 3 N–H and O–H groups in total. The van der Waals surface area contributed by atoms with Crippen LogP contribution in [0.15, 0.2) is 36.4 Å². The van der Waals surface area contributed by atoms with Gasteiger partial charge in [-0.3, -0.25) is 4.79 Å². The highest BCUT2D eigenvalue weighted by atomic mass is 16.5. The predicted octanol–water partition coefficient (Wildman–Crippen LogP) is 4.02. The number of hydrogen-bond donors (Lipinski definition) is 2. The summed E-state index contributed by atoms with van der Waals surface area (Å²) in [7, 11) is 0. The number of aryl methyl sites for hydroxylation is 1. The minimum Gasteiger partial charge on any atom is -0.378 e. The number of fused-ring (bicyclic) bond motifs is 1. The fourth-order valence-corrected chi connectivity index (χ4v) is 4.68. The Balaban J connectivity index is 1.70. The maximum atomic E-state index is 11.6. The molecule has 0 spiro atoms. The van der Waals surface area contributed by atoms with Crippen molar-refractivity contribution in [2.75, 3.05) is 36.5 Å². The molecule has 1 unspecified atom stereocenters. The van der Waals surface area contributed by atoms with Gasteiger partial charge < -0.3 is 20.7 Å². The largest absolute Gasteiger partial charge is 0.378 e. The average molecular weight is 394 g/mol. The first-order chi connectivity index (χ1) is 13.9. The Morgan fingerprint density at radius 1 is 1.21 bits per heavy atom. The van der Waals surface area contributed by atoms with Crippen molar-refractivity contribution in [1.29, 1.82) is 0 Å². The first-order valence-corrected chi connectivity index (χ1v) is 10.6. The number of primary amides is 1. The molecule has 5 heteroatoms. The molecule has 5 nitrogen and oxygen atoms in total. The van der Waals surface area contributed by atoms with Gasteiger partial charge in [0.2, 0.25) is 5.91 Å². The van der Waals surface area contributed by atoms with Crippen LogP contribution in [0.25, 0.3) is 0 Å². The first kappa shape index (κ1) is 19.8. The molecule has 2 aromatic rings. The van der Waals surface area contributed by atoms with E-state index in [1.54, 1.807) is 0 Å². The summed E-state index contributed by atoms with van der Waals surface area (Å²) >= 11 is 0. The van der Waals surface area contributed by atoms with Gasteiger partial charge in [0.15, 0.2) is 0 Å². The molecule has 29 heavy (non-hydrogen) atoms. The highest BCUT2D eigenvalue weighted by Crippen LogP contribution is 2.45. The van der Waals surface area contributed by atoms with E-state index in [1.165, 1.54) is 16.8 Å². The third-order valence-electron chi connectivity index (χ3n) is 6.34. The summed E-state index contributed by atoms with van der Waals surface area (Å²) in [5, 5.41) is 3.74. The van der Waals surface area contributed by atoms with Crippen LogP contribution in [0.3, 0.4) is 0 Å². The minimum atomic E-state index is -0.378. The lowest BCUT2D eigenvalue weighted by molar-refractivity contribution is 0.1000. The highest BCUT2D eigenvalue weighted by Gasteiger charge is 2.34. The zero-order valence-electron chi connectivity index (χ0n) is 17.6. The van der Waals surface area contributed by atoms with Crippen LogP contribution in [0.1, 0.15) is 60.3 Å². The van der Waals surface area contributed by atoms with Crippen molar-refractivity contribution in [3.8, 4) is 0 Å². The van der Waals surface area contributed by atoms with Crippen LogP contribution in [0.2, 0.25) is 0 Å². The Morgan fingerprint density at radius 2 is 1.97 bits per heavy atom. The van der Waals surface area contributed by atoms with Crippen LogP contribution < -0.4 is 16.0 Å². The molecule has 0 bridgehead atoms. The number of carbonyl (C=O) groups excluding carboxylic acids is 1. The average Bonchev–Trinajstić information content (AvgIpc) is 2.73. The van der Waals surface area contributed by atoms with Crippen LogP contribution in [0, 0.1) is 0 Å². The summed E-state index contributed by atoms with van der Waals surface area (Å²) in [6.45, 7) is 10.2. The van der Waals surface area contributed by atoms with E-state index in [2.05, 4.69) is 49.2 Å². The first-order valence-electron chi connectivity index (χ1n) is 10.6. The van der Waals surface area contributed by atoms with Gasteiger partial charge in [-0.1, -0.05) is 26.8 Å². The van der Waals surface area contributed by atoms with E-state index in [-0.39, 0.29) is 17.4 Å². The Bertz CT molecular complexity index is 916. The molecule has 1 atom stereocenters. The molecule has 0 aliphatic carbocycles. The number of amides is 1. The molecule has 0 saturated carbocycles. The van der Waals surface area contributed by atoms with Gasteiger partial charge in [0.25, 0.3) is 0 Å². The quantitative estimate of drug-likeness (QED) is 0.823. The maximum Gasteiger partial charge on any atom is 0.248 e. The minimum absolute atomic E-state index is 0.0588. The number of morpholine rings is 1. The van der Waals surface area contributed by atoms with Gasteiger partial charge in [-0.05, 0) is 65.3 Å². The third kappa shape index (κ3) is 3.84. The monoisotopic (exact) mass is 393 g/mol. The molecule has 2 aliphatic rings. The van der Waals surface area contributed by atoms with Crippen molar-refractivity contribution in [1.82, 2.24) is 0 Å². The van der Waals surface area contributed by atoms with Crippen molar-refractivity contribution >= 4 is 17.3 Å². The van der Waals surface area contributed by atoms with E-state index in [0.29, 0.717) is 5.56 Å². The normalized spacial score (nSPS) is 20.7. The molecule has 4 rings (SSSR count). The standard InChI is InChI=1S/C24H31N3O2/c1-4-16-5-7-18(27-9-11-29-12-10-27)14-19(16)22-15-24(2,3)20-13-17(23(25)28)6-8-21(20)26-22/h5-8,13-14,22,26H,4,9-12,15H2,1-3H3,(H2,25,28). The van der Waals surface area contributed by atoms with E-state index in [9.17, 15) is 4.79 Å². The van der Waals surface area contributed by atoms with E-state index in [4.69, 9.17) is 10.5 Å². The summed E-state index contributed by atoms with van der Waals surface area (Å²) in [5.41, 5.74) is 12.3. The zero-order chi connectivity index (χ0) is 20.6. The maximum absolute atomic E-state index is 11.6. The second-order valence-corrected chi connectivity index (χ2v) is 8.75. The lowest BCUT2D eigenvalue weighted by atomic mass is 9.73. The number of nitrogens with one attached hydrogen (secondary N) is 1. The van der Waals surface area contributed by atoms with Gasteiger partial charge in [0.1, 0.15) is 0 Å². The van der Waals surface area contributed by atoms with Crippen molar-refractivity contribution in [2.24, 2.45) is 5.73 Å². The molecule has 154 valence electrons. The zero-order valence-corrected chi connectivity index (χ0v) is 17.6. The fraction of sp³-hybridized carbons (Fsp3) is 0.458. The smallest absolute Gasteiger partial charge is 0.248 e. The lowest BCUT2D eigenvalue weighted by Gasteiger charge is -2.40. The summed E-state index contributed by atoms with van der Waals surface area (Å²) in [6, 6.07) is 12.9. The van der Waals surface area contributed by atoms with Crippen LogP contribution in [0.5, 0.6) is 0 Å². The second-order valence-electron chi connectivity index (χ2n) is 8.75. The van der Waals surface area contributed by atoms with Gasteiger partial charge in [-0.15, -0.1) is 0 Å². The van der Waals surface area contributed by atoms with Crippen LogP contribution in [-0.4, -0.2) is 32.2 Å². The summed E-state index contributed by atoms with van der Waals surface area (Å²) in [4.78, 5) is 14.1. The molecular formula is C24H31N3O2. The Morgan fingerprint density at radius 3 is 2.66 bits per heavy atom. The van der Waals surface area contributed by atoms with E-state index < -0.39 is 0 Å². The molecule has 0 radical (unpaired) electrons. The van der Waals surface area contributed by atoms with E-state index >= 15 is 0 Å². The summed E-state index contributed by atoms with van der Waals surface area (Å²) in [5.74, 6) is -0.378. The number of nitrogens with two attached hydrogens (primary N) is 1. The molecule has 2 heterocycles. The summed E-state index contributed by atoms with van der Waals surface area (Å²) < 4.78 is 5.52. The van der Waals surface area contributed by atoms with Gasteiger partial charge in [-0.25, -0.2) is 0 Å². The second kappa shape index (κ2) is 7.71. The molecular weight excluding hydrogens is 362 g/mol. The number of anilines is 2. The Kier molecular flexibility index (Phi) is 5.26. The predicted molar refractivity (Wildman–Crippen MR) is 118 cm³/mol. The molecule has 2 aromatic carbocycles. The van der Waals surface area contributed by atoms with Gasteiger partial charge in [-0.2, -0.15) is 0 Å². The molecule has 1 amide bonds. The topological polar surface area (TPSA) is 67.6 Å². The molecule has 1 fully saturated rings. The molecule has 1 saturated heterocycles. The number of carbonyl (C=O) groups is 1. The number of ether oxygens (including phenoxy) is 1.